The van der Waals surface area contributed by atoms with Gasteiger partial charge in [-0.15, -0.1) is 0 Å². The molecule has 196 valence electrons. The van der Waals surface area contributed by atoms with Crippen LogP contribution in [0.4, 0.5) is 5.69 Å². The number of nitrogens with one attached hydrogen (secondary N) is 1. The van der Waals surface area contributed by atoms with Crippen molar-refractivity contribution >= 4 is 23.5 Å². The molecule has 1 aliphatic heterocycles. The van der Waals surface area contributed by atoms with Gasteiger partial charge >= 0.3 is 5.97 Å². The van der Waals surface area contributed by atoms with Gasteiger partial charge in [0.05, 0.1) is 18.7 Å². The number of hydrogen-bond donors (Lipinski definition) is 1. The molecular weight excluding hydrogens is 476 g/mol. The summed E-state index contributed by atoms with van der Waals surface area (Å²) in [4.78, 5) is 41.0. The Morgan fingerprint density at radius 3 is 2.42 bits per heavy atom. The van der Waals surface area contributed by atoms with Gasteiger partial charge in [0.1, 0.15) is 0 Å². The largest absolute Gasteiger partial charge is 0.463 e. The lowest BCUT2D eigenvalue weighted by molar-refractivity contribution is -0.140. The normalized spacial score (nSPS) is 15.4. The zero-order valence-corrected chi connectivity index (χ0v) is 22.6. The third-order valence-corrected chi connectivity index (χ3v) is 7.06. The number of allylic oxidation sites excluding steroid dienone is 1. The Morgan fingerprint density at radius 2 is 1.71 bits per heavy atom. The van der Waals surface area contributed by atoms with Gasteiger partial charge in [0.25, 0.3) is 5.91 Å². The minimum atomic E-state index is -0.407. The van der Waals surface area contributed by atoms with Crippen molar-refractivity contribution in [3.05, 3.63) is 111 Å². The summed E-state index contributed by atoms with van der Waals surface area (Å²) in [7, 11) is 0. The molecule has 3 aromatic carbocycles. The number of carbonyl (C=O) groups is 3. The fourth-order valence-corrected chi connectivity index (χ4v) is 4.86. The van der Waals surface area contributed by atoms with Gasteiger partial charge in [-0.2, -0.15) is 0 Å². The lowest BCUT2D eigenvalue weighted by Gasteiger charge is -2.34. The van der Waals surface area contributed by atoms with Crippen LogP contribution in [-0.4, -0.2) is 29.3 Å². The van der Waals surface area contributed by atoms with Crippen LogP contribution in [-0.2, 0) is 20.9 Å². The Balaban J connectivity index is 1.61. The van der Waals surface area contributed by atoms with E-state index in [1.807, 2.05) is 69.3 Å². The standard InChI is InChI=1S/C32H34N2O4/c1-6-38-32(37)30-23(5)34(29(35)18-28(30)25-11-7-9-20(2)15-25)19-24-10-8-12-26(17-24)31(36)33-27-14-13-21(3)22(4)16-27/h7-17,28H,6,18-19H2,1-5H3,(H,33,36). The summed E-state index contributed by atoms with van der Waals surface area (Å²) < 4.78 is 5.40. The number of esters is 1. The van der Waals surface area contributed by atoms with E-state index in [2.05, 4.69) is 5.32 Å². The van der Waals surface area contributed by atoms with Crippen LogP contribution >= 0.6 is 0 Å². The van der Waals surface area contributed by atoms with Gasteiger partial charge in [-0.05, 0) is 81.1 Å². The van der Waals surface area contributed by atoms with Gasteiger partial charge in [0.15, 0.2) is 0 Å². The summed E-state index contributed by atoms with van der Waals surface area (Å²) in [5, 5.41) is 2.95. The van der Waals surface area contributed by atoms with Crippen LogP contribution in [0.5, 0.6) is 0 Å². The van der Waals surface area contributed by atoms with Gasteiger partial charge in [0, 0.05) is 29.3 Å². The number of anilines is 1. The number of ether oxygens (including phenoxy) is 1. The van der Waals surface area contributed by atoms with Crippen LogP contribution in [0.25, 0.3) is 0 Å². The van der Waals surface area contributed by atoms with Crippen molar-refractivity contribution in [3.63, 3.8) is 0 Å². The summed E-state index contributed by atoms with van der Waals surface area (Å²) in [5.41, 5.74) is 7.35. The average molecular weight is 511 g/mol. The summed E-state index contributed by atoms with van der Waals surface area (Å²) in [6.45, 7) is 10.1. The lowest BCUT2D eigenvalue weighted by atomic mass is 9.83. The van der Waals surface area contributed by atoms with Crippen molar-refractivity contribution in [2.75, 3.05) is 11.9 Å². The quantitative estimate of drug-likeness (QED) is 0.383. The molecular formula is C32H34N2O4. The highest BCUT2D eigenvalue weighted by Crippen LogP contribution is 2.38. The van der Waals surface area contributed by atoms with Crippen LogP contribution in [0.3, 0.4) is 0 Å². The minimum absolute atomic E-state index is 0.0768. The van der Waals surface area contributed by atoms with Crippen LogP contribution in [0.2, 0.25) is 0 Å². The summed E-state index contributed by atoms with van der Waals surface area (Å²) in [6, 6.07) is 20.9. The molecule has 0 aliphatic carbocycles. The number of amides is 2. The molecule has 2 amide bonds. The molecule has 1 N–H and O–H groups in total. The Labute approximate surface area is 224 Å². The van der Waals surface area contributed by atoms with E-state index in [1.165, 1.54) is 0 Å². The van der Waals surface area contributed by atoms with Gasteiger partial charge in [-0.25, -0.2) is 4.79 Å². The molecule has 1 aliphatic rings. The molecule has 6 nitrogen and oxygen atoms in total. The average Bonchev–Trinajstić information content (AvgIpc) is 2.88. The lowest BCUT2D eigenvalue weighted by Crippen LogP contribution is -2.38. The summed E-state index contributed by atoms with van der Waals surface area (Å²) in [5.74, 6) is -1.07. The first-order chi connectivity index (χ1) is 18.2. The van der Waals surface area contributed by atoms with E-state index in [1.54, 1.807) is 36.9 Å². The fraction of sp³-hybridized carbons (Fsp3) is 0.281. The Morgan fingerprint density at radius 1 is 0.947 bits per heavy atom. The van der Waals surface area contributed by atoms with E-state index in [-0.39, 0.29) is 37.3 Å². The molecule has 0 bridgehead atoms. The molecule has 0 radical (unpaired) electrons. The number of aryl methyl sites for hydroxylation is 3. The molecule has 1 heterocycles. The molecule has 1 atom stereocenters. The third-order valence-electron chi connectivity index (χ3n) is 7.06. The zero-order chi connectivity index (χ0) is 27.4. The number of hydrogen-bond acceptors (Lipinski definition) is 4. The highest BCUT2D eigenvalue weighted by atomic mass is 16.5. The van der Waals surface area contributed by atoms with Crippen LogP contribution < -0.4 is 5.32 Å². The molecule has 0 fully saturated rings. The molecule has 0 spiro atoms. The van der Waals surface area contributed by atoms with Gasteiger partial charge in [-0.1, -0.05) is 48.0 Å². The second-order valence-electron chi connectivity index (χ2n) is 9.82. The highest BCUT2D eigenvalue weighted by molar-refractivity contribution is 6.04. The maximum Gasteiger partial charge on any atom is 0.336 e. The molecule has 0 saturated heterocycles. The molecule has 38 heavy (non-hydrogen) atoms. The van der Waals surface area contributed by atoms with E-state index in [4.69, 9.17) is 4.74 Å². The molecule has 3 aromatic rings. The van der Waals surface area contributed by atoms with Crippen molar-refractivity contribution in [3.8, 4) is 0 Å². The highest BCUT2D eigenvalue weighted by Gasteiger charge is 2.37. The van der Waals surface area contributed by atoms with Gasteiger partial charge in [0.2, 0.25) is 5.91 Å². The van der Waals surface area contributed by atoms with Crippen molar-refractivity contribution in [1.82, 2.24) is 4.90 Å². The predicted molar refractivity (Wildman–Crippen MR) is 149 cm³/mol. The number of nitrogens with zero attached hydrogens (tertiary/aromatic N) is 1. The first-order valence-electron chi connectivity index (χ1n) is 12.9. The first-order valence-corrected chi connectivity index (χ1v) is 12.9. The minimum Gasteiger partial charge on any atom is -0.463 e. The fourth-order valence-electron chi connectivity index (χ4n) is 4.86. The van der Waals surface area contributed by atoms with Crippen molar-refractivity contribution in [2.24, 2.45) is 0 Å². The van der Waals surface area contributed by atoms with Crippen molar-refractivity contribution in [2.45, 2.75) is 53.5 Å². The topological polar surface area (TPSA) is 75.7 Å². The molecule has 6 heteroatoms. The van der Waals surface area contributed by atoms with Gasteiger partial charge < -0.3 is 15.0 Å². The molecule has 0 aromatic heterocycles. The van der Waals surface area contributed by atoms with E-state index >= 15 is 0 Å². The second kappa shape index (κ2) is 11.5. The maximum absolute atomic E-state index is 13.4. The first kappa shape index (κ1) is 26.9. The second-order valence-corrected chi connectivity index (χ2v) is 9.82. The van der Waals surface area contributed by atoms with E-state index in [0.717, 1.165) is 33.5 Å². The van der Waals surface area contributed by atoms with E-state index in [0.29, 0.717) is 16.8 Å². The van der Waals surface area contributed by atoms with Crippen molar-refractivity contribution in [1.29, 1.82) is 0 Å². The monoisotopic (exact) mass is 510 g/mol. The SMILES string of the molecule is CCOC(=O)C1=C(C)N(Cc2cccc(C(=O)Nc3ccc(C)c(C)c3)c2)C(=O)CC1c1cccc(C)c1. The van der Waals surface area contributed by atoms with Crippen LogP contribution in [0.15, 0.2) is 78.0 Å². The number of rotatable bonds is 7. The number of carbonyl (C=O) groups excluding carboxylic acids is 3. The summed E-state index contributed by atoms with van der Waals surface area (Å²) in [6.07, 6.45) is 0.169. The maximum atomic E-state index is 13.4. The smallest absolute Gasteiger partial charge is 0.336 e. The van der Waals surface area contributed by atoms with Gasteiger partial charge in [-0.3, -0.25) is 9.59 Å². The molecule has 4 rings (SSSR count). The van der Waals surface area contributed by atoms with Crippen molar-refractivity contribution < 1.29 is 19.1 Å². The Bertz CT molecular complexity index is 1420. The molecule has 0 saturated carbocycles. The van der Waals surface area contributed by atoms with Crippen LogP contribution in [0.1, 0.15) is 64.4 Å². The van der Waals surface area contributed by atoms with Crippen LogP contribution in [0, 0.1) is 20.8 Å². The molecule has 1 unspecified atom stereocenters. The predicted octanol–water partition coefficient (Wildman–Crippen LogP) is 6.22. The van der Waals surface area contributed by atoms with E-state index < -0.39 is 5.97 Å². The zero-order valence-electron chi connectivity index (χ0n) is 22.6. The van der Waals surface area contributed by atoms with E-state index in [9.17, 15) is 14.4 Å². The Hall–Kier alpha value is -4.19. The summed E-state index contributed by atoms with van der Waals surface area (Å²) >= 11 is 0. The Kier molecular flexibility index (Phi) is 8.10. The third kappa shape index (κ3) is 5.86. The number of benzene rings is 3.